The highest BCUT2D eigenvalue weighted by Crippen LogP contribution is 2.37. The molecular weight excluding hydrogens is 343 g/mol. The highest BCUT2D eigenvalue weighted by molar-refractivity contribution is 6.42. The lowest BCUT2D eigenvalue weighted by Crippen LogP contribution is -2.45. The number of hydrogen-bond donors (Lipinski definition) is 1. The molecule has 1 atom stereocenters. The Balaban J connectivity index is 2.04. The van der Waals surface area contributed by atoms with Crippen molar-refractivity contribution in [3.63, 3.8) is 0 Å². The molecule has 5 heteroatoms. The van der Waals surface area contributed by atoms with Crippen LogP contribution in [0, 0.1) is 0 Å². The lowest BCUT2D eigenvalue weighted by molar-refractivity contribution is 0.198. The van der Waals surface area contributed by atoms with Crippen molar-refractivity contribution in [2.75, 3.05) is 32.8 Å². The van der Waals surface area contributed by atoms with Crippen molar-refractivity contribution in [2.45, 2.75) is 13.0 Å². The molecule has 1 saturated heterocycles. The molecule has 1 aliphatic heterocycles. The molecule has 1 N–H and O–H groups in total. The van der Waals surface area contributed by atoms with Crippen molar-refractivity contribution in [3.05, 3.63) is 63.6 Å². The SMILES string of the molecule is CCOc1cccc(C(c2cccc(Cl)c2Cl)N2CCNCC2)c1. The zero-order valence-corrected chi connectivity index (χ0v) is 15.3. The molecule has 1 unspecified atom stereocenters. The lowest BCUT2D eigenvalue weighted by atomic mass is 9.96. The topological polar surface area (TPSA) is 24.5 Å². The minimum atomic E-state index is 0.0682. The van der Waals surface area contributed by atoms with E-state index in [9.17, 15) is 0 Å². The summed E-state index contributed by atoms with van der Waals surface area (Å²) in [5.74, 6) is 0.883. The largest absolute Gasteiger partial charge is 0.494 e. The smallest absolute Gasteiger partial charge is 0.119 e. The van der Waals surface area contributed by atoms with Crippen LogP contribution in [0.25, 0.3) is 0 Å². The van der Waals surface area contributed by atoms with Gasteiger partial charge in [0, 0.05) is 26.2 Å². The fraction of sp³-hybridized carbons (Fsp3) is 0.368. The molecule has 3 nitrogen and oxygen atoms in total. The van der Waals surface area contributed by atoms with Crippen LogP contribution in [-0.4, -0.2) is 37.7 Å². The van der Waals surface area contributed by atoms with Crippen LogP contribution >= 0.6 is 23.2 Å². The summed E-state index contributed by atoms with van der Waals surface area (Å²) in [7, 11) is 0. The van der Waals surface area contributed by atoms with Crippen molar-refractivity contribution in [1.82, 2.24) is 10.2 Å². The van der Waals surface area contributed by atoms with Crippen molar-refractivity contribution < 1.29 is 4.74 Å². The number of rotatable bonds is 5. The predicted octanol–water partition coefficient (Wildman–Crippen LogP) is 4.39. The molecule has 0 aliphatic carbocycles. The molecule has 0 bridgehead atoms. The van der Waals surface area contributed by atoms with Crippen LogP contribution in [0.2, 0.25) is 10.0 Å². The second-order valence-electron chi connectivity index (χ2n) is 5.84. The molecule has 1 aliphatic rings. The maximum absolute atomic E-state index is 6.55. The Bertz CT molecular complexity index is 687. The van der Waals surface area contributed by atoms with Gasteiger partial charge in [-0.15, -0.1) is 0 Å². The molecule has 0 saturated carbocycles. The van der Waals surface area contributed by atoms with E-state index in [-0.39, 0.29) is 6.04 Å². The molecule has 3 rings (SSSR count). The first-order valence-corrected chi connectivity index (χ1v) is 9.07. The summed E-state index contributed by atoms with van der Waals surface area (Å²) in [4.78, 5) is 2.44. The Labute approximate surface area is 153 Å². The molecule has 0 radical (unpaired) electrons. The van der Waals surface area contributed by atoms with E-state index in [1.165, 1.54) is 5.56 Å². The molecule has 0 spiro atoms. The maximum Gasteiger partial charge on any atom is 0.119 e. The molecule has 24 heavy (non-hydrogen) atoms. The molecule has 1 fully saturated rings. The lowest BCUT2D eigenvalue weighted by Gasteiger charge is -2.36. The minimum Gasteiger partial charge on any atom is -0.494 e. The second kappa shape index (κ2) is 8.21. The van der Waals surface area contributed by atoms with Gasteiger partial charge in [-0.25, -0.2) is 0 Å². The van der Waals surface area contributed by atoms with Crippen LogP contribution < -0.4 is 10.1 Å². The van der Waals surface area contributed by atoms with Crippen molar-refractivity contribution >= 4 is 23.2 Å². The Hall–Kier alpha value is -1.26. The van der Waals surface area contributed by atoms with E-state index in [1.54, 1.807) is 0 Å². The fourth-order valence-corrected chi connectivity index (χ4v) is 3.61. The molecular formula is C19H22Cl2N2O. The summed E-state index contributed by atoms with van der Waals surface area (Å²) >= 11 is 12.8. The van der Waals surface area contributed by atoms with Crippen molar-refractivity contribution in [1.29, 1.82) is 0 Å². The first-order chi connectivity index (χ1) is 11.7. The average molecular weight is 365 g/mol. The first-order valence-electron chi connectivity index (χ1n) is 8.32. The van der Waals surface area contributed by atoms with Gasteiger partial charge in [-0.05, 0) is 36.2 Å². The molecule has 0 amide bonds. The molecule has 2 aromatic carbocycles. The van der Waals surface area contributed by atoms with Gasteiger partial charge < -0.3 is 10.1 Å². The summed E-state index contributed by atoms with van der Waals surface area (Å²) < 4.78 is 5.68. The van der Waals surface area contributed by atoms with Gasteiger partial charge in [0.25, 0.3) is 0 Å². The monoisotopic (exact) mass is 364 g/mol. The first kappa shape index (κ1) is 17.6. The highest BCUT2D eigenvalue weighted by Gasteiger charge is 2.26. The summed E-state index contributed by atoms with van der Waals surface area (Å²) in [6.45, 7) is 6.52. The van der Waals surface area contributed by atoms with Crippen LogP contribution in [0.3, 0.4) is 0 Å². The van der Waals surface area contributed by atoms with Gasteiger partial charge in [-0.1, -0.05) is 47.5 Å². The molecule has 2 aromatic rings. The Kier molecular flexibility index (Phi) is 6.01. The Morgan fingerprint density at radius 2 is 1.88 bits per heavy atom. The third-order valence-electron chi connectivity index (χ3n) is 4.28. The number of benzene rings is 2. The number of ether oxygens (including phenoxy) is 1. The van der Waals surface area contributed by atoms with Crippen LogP contribution in [0.15, 0.2) is 42.5 Å². The van der Waals surface area contributed by atoms with E-state index in [0.29, 0.717) is 16.7 Å². The number of nitrogens with one attached hydrogen (secondary N) is 1. The second-order valence-corrected chi connectivity index (χ2v) is 6.62. The van der Waals surface area contributed by atoms with Crippen LogP contribution in [0.4, 0.5) is 0 Å². The van der Waals surface area contributed by atoms with Crippen LogP contribution in [0.5, 0.6) is 5.75 Å². The maximum atomic E-state index is 6.55. The van der Waals surface area contributed by atoms with E-state index in [1.807, 2.05) is 31.2 Å². The zero-order valence-electron chi connectivity index (χ0n) is 13.8. The quantitative estimate of drug-likeness (QED) is 0.851. The number of halogens is 2. The number of hydrogen-bond acceptors (Lipinski definition) is 3. The van der Waals surface area contributed by atoms with Gasteiger partial charge in [-0.3, -0.25) is 4.90 Å². The summed E-state index contributed by atoms with van der Waals surface area (Å²) in [6.07, 6.45) is 0. The highest BCUT2D eigenvalue weighted by atomic mass is 35.5. The average Bonchev–Trinajstić information content (AvgIpc) is 2.61. The van der Waals surface area contributed by atoms with E-state index in [4.69, 9.17) is 27.9 Å². The van der Waals surface area contributed by atoms with E-state index in [0.717, 1.165) is 37.5 Å². The van der Waals surface area contributed by atoms with Crippen molar-refractivity contribution in [2.24, 2.45) is 0 Å². The van der Waals surface area contributed by atoms with E-state index in [2.05, 4.69) is 28.4 Å². The zero-order chi connectivity index (χ0) is 16.9. The fourth-order valence-electron chi connectivity index (χ4n) is 3.20. The van der Waals surface area contributed by atoms with Crippen LogP contribution in [0.1, 0.15) is 24.1 Å². The molecule has 0 aromatic heterocycles. The Morgan fingerprint density at radius 3 is 2.62 bits per heavy atom. The van der Waals surface area contributed by atoms with Gasteiger partial charge in [0.05, 0.1) is 22.7 Å². The summed E-state index contributed by atoms with van der Waals surface area (Å²) in [6, 6.07) is 14.2. The number of nitrogens with zero attached hydrogens (tertiary/aromatic N) is 1. The van der Waals surface area contributed by atoms with Gasteiger partial charge in [0.1, 0.15) is 5.75 Å². The minimum absolute atomic E-state index is 0.0682. The third kappa shape index (κ3) is 3.86. The normalized spacial score (nSPS) is 16.8. The van der Waals surface area contributed by atoms with E-state index < -0.39 is 0 Å². The van der Waals surface area contributed by atoms with Crippen LogP contribution in [-0.2, 0) is 0 Å². The van der Waals surface area contributed by atoms with Gasteiger partial charge >= 0.3 is 0 Å². The summed E-state index contributed by atoms with van der Waals surface area (Å²) in [5.41, 5.74) is 2.21. The molecule has 1 heterocycles. The predicted molar refractivity (Wildman–Crippen MR) is 100 cm³/mol. The molecule has 128 valence electrons. The van der Waals surface area contributed by atoms with Crippen molar-refractivity contribution in [3.8, 4) is 5.75 Å². The third-order valence-corrected chi connectivity index (χ3v) is 5.11. The van der Waals surface area contributed by atoms with Gasteiger partial charge in [0.15, 0.2) is 0 Å². The van der Waals surface area contributed by atoms with Gasteiger partial charge in [-0.2, -0.15) is 0 Å². The van der Waals surface area contributed by atoms with Gasteiger partial charge in [0.2, 0.25) is 0 Å². The standard InChI is InChI=1S/C19H22Cl2N2O/c1-2-24-15-6-3-5-14(13-15)19(23-11-9-22-10-12-23)16-7-4-8-17(20)18(16)21/h3-8,13,19,22H,2,9-12H2,1H3. The Morgan fingerprint density at radius 1 is 1.12 bits per heavy atom. The van der Waals surface area contributed by atoms with E-state index >= 15 is 0 Å². The summed E-state index contributed by atoms with van der Waals surface area (Å²) in [5, 5.41) is 4.63. The number of piperazine rings is 1.